The molecule has 1 aliphatic rings. The summed E-state index contributed by atoms with van der Waals surface area (Å²) >= 11 is 0. The van der Waals surface area contributed by atoms with Gasteiger partial charge in [-0.2, -0.15) is 22.0 Å². The Morgan fingerprint density at radius 1 is 1.25 bits per heavy atom. The summed E-state index contributed by atoms with van der Waals surface area (Å²) in [5.41, 5.74) is -0.305. The van der Waals surface area contributed by atoms with Crippen molar-refractivity contribution in [3.05, 3.63) is 35.4 Å². The van der Waals surface area contributed by atoms with Crippen LogP contribution in [0.3, 0.4) is 0 Å². The average Bonchev–Trinajstić information content (AvgIpc) is 2.45. The number of carbonyl (C=O) groups excluding carboxylic acids is 2. The van der Waals surface area contributed by atoms with E-state index in [1.165, 1.54) is 12.1 Å². The molecular formula is C15H12F5NO3. The summed E-state index contributed by atoms with van der Waals surface area (Å²) in [5, 5.41) is 1.76. The summed E-state index contributed by atoms with van der Waals surface area (Å²) in [6.45, 7) is -1.98. The van der Waals surface area contributed by atoms with Crippen LogP contribution in [0.25, 0.3) is 5.57 Å². The van der Waals surface area contributed by atoms with Gasteiger partial charge in [0.25, 0.3) is 5.91 Å². The Hall–Kier alpha value is -2.45. The molecule has 1 heterocycles. The van der Waals surface area contributed by atoms with Crippen LogP contribution in [0.5, 0.6) is 5.75 Å². The SMILES string of the molecule is CC(=O)C1=C(c2ccc(OC(F)F)cc2)CC(C(F)(F)F)NC1=O. The molecule has 0 bridgehead atoms. The second-order valence-corrected chi connectivity index (χ2v) is 5.08. The first kappa shape index (κ1) is 17.9. The van der Waals surface area contributed by atoms with Crippen molar-refractivity contribution in [1.82, 2.24) is 5.32 Å². The van der Waals surface area contributed by atoms with E-state index < -0.39 is 36.9 Å². The highest BCUT2D eigenvalue weighted by atomic mass is 19.4. The number of carbonyl (C=O) groups is 2. The first-order valence-corrected chi connectivity index (χ1v) is 6.76. The molecule has 1 unspecified atom stereocenters. The lowest BCUT2D eigenvalue weighted by Crippen LogP contribution is -2.49. The zero-order valence-corrected chi connectivity index (χ0v) is 12.3. The molecule has 9 heteroatoms. The van der Waals surface area contributed by atoms with Crippen molar-refractivity contribution in [2.75, 3.05) is 0 Å². The van der Waals surface area contributed by atoms with E-state index in [4.69, 9.17) is 0 Å². The van der Waals surface area contributed by atoms with Crippen LogP contribution < -0.4 is 10.1 Å². The molecule has 0 fully saturated rings. The smallest absolute Gasteiger partial charge is 0.408 e. The number of hydrogen-bond acceptors (Lipinski definition) is 3. The van der Waals surface area contributed by atoms with Gasteiger partial charge in [0.2, 0.25) is 0 Å². The Morgan fingerprint density at radius 2 is 1.83 bits per heavy atom. The van der Waals surface area contributed by atoms with Gasteiger partial charge in [-0.15, -0.1) is 0 Å². The van der Waals surface area contributed by atoms with E-state index in [0.717, 1.165) is 19.1 Å². The molecule has 1 atom stereocenters. The molecule has 1 N–H and O–H groups in total. The summed E-state index contributed by atoms with van der Waals surface area (Å²) in [5.74, 6) is -1.98. The molecule has 130 valence electrons. The number of alkyl halides is 5. The van der Waals surface area contributed by atoms with Crippen LogP contribution in [0.2, 0.25) is 0 Å². The third-order valence-corrected chi connectivity index (χ3v) is 3.42. The summed E-state index contributed by atoms with van der Waals surface area (Å²) in [4.78, 5) is 23.5. The number of nitrogens with one attached hydrogen (secondary N) is 1. The monoisotopic (exact) mass is 349 g/mol. The minimum Gasteiger partial charge on any atom is -0.435 e. The lowest BCUT2D eigenvalue weighted by Gasteiger charge is -2.29. The first-order chi connectivity index (χ1) is 11.1. The largest absolute Gasteiger partial charge is 0.435 e. The molecule has 2 rings (SSSR count). The van der Waals surface area contributed by atoms with Crippen LogP contribution in [-0.2, 0) is 9.59 Å². The molecule has 1 amide bonds. The molecule has 0 saturated heterocycles. The molecule has 0 aromatic heterocycles. The van der Waals surface area contributed by atoms with Crippen LogP contribution in [0.4, 0.5) is 22.0 Å². The summed E-state index contributed by atoms with van der Waals surface area (Å²) in [7, 11) is 0. The standard InChI is InChI=1S/C15H12F5NO3/c1-7(22)12-10(6-11(15(18,19)20)21-13(12)23)8-2-4-9(5-3-8)24-14(16)17/h2-5,11,14H,6H2,1H3,(H,21,23). The highest BCUT2D eigenvalue weighted by Crippen LogP contribution is 2.35. The Morgan fingerprint density at radius 3 is 2.29 bits per heavy atom. The van der Waals surface area contributed by atoms with Crippen LogP contribution >= 0.6 is 0 Å². The number of amides is 1. The van der Waals surface area contributed by atoms with Gasteiger partial charge in [0.05, 0.1) is 5.57 Å². The second-order valence-electron chi connectivity index (χ2n) is 5.08. The quantitative estimate of drug-likeness (QED) is 0.671. The van der Waals surface area contributed by atoms with E-state index in [1.807, 2.05) is 0 Å². The maximum absolute atomic E-state index is 12.9. The van der Waals surface area contributed by atoms with E-state index in [2.05, 4.69) is 4.74 Å². The highest BCUT2D eigenvalue weighted by Gasteiger charge is 2.45. The minimum atomic E-state index is -4.68. The van der Waals surface area contributed by atoms with Crippen LogP contribution in [0, 0.1) is 0 Å². The van der Waals surface area contributed by atoms with Crippen molar-refractivity contribution in [1.29, 1.82) is 0 Å². The molecule has 1 aromatic rings. The van der Waals surface area contributed by atoms with Gasteiger partial charge in [0, 0.05) is 6.42 Å². The van der Waals surface area contributed by atoms with E-state index in [-0.39, 0.29) is 22.5 Å². The third-order valence-electron chi connectivity index (χ3n) is 3.42. The number of halogens is 5. The van der Waals surface area contributed by atoms with Crippen molar-refractivity contribution in [3.8, 4) is 5.75 Å². The predicted molar refractivity (Wildman–Crippen MR) is 73.3 cm³/mol. The normalized spacial score (nSPS) is 18.6. The zero-order chi connectivity index (χ0) is 18.1. The van der Waals surface area contributed by atoms with Gasteiger partial charge >= 0.3 is 12.8 Å². The Kier molecular flexibility index (Phi) is 4.91. The Labute approximate surface area is 133 Å². The molecule has 0 radical (unpaired) electrons. The lowest BCUT2D eigenvalue weighted by molar-refractivity contribution is -0.160. The predicted octanol–water partition coefficient (Wildman–Crippen LogP) is 3.08. The lowest BCUT2D eigenvalue weighted by atomic mass is 9.88. The van der Waals surface area contributed by atoms with Crippen molar-refractivity contribution in [2.45, 2.75) is 32.2 Å². The van der Waals surface area contributed by atoms with E-state index >= 15 is 0 Å². The number of hydrogen-bond donors (Lipinski definition) is 1. The van der Waals surface area contributed by atoms with Gasteiger partial charge in [-0.25, -0.2) is 0 Å². The fourth-order valence-electron chi connectivity index (χ4n) is 2.39. The number of Topliss-reactive ketones (excluding diaryl/α,β-unsaturated/α-hetero) is 1. The second kappa shape index (κ2) is 6.58. The van der Waals surface area contributed by atoms with E-state index in [1.54, 1.807) is 5.32 Å². The van der Waals surface area contributed by atoms with Crippen molar-refractivity contribution < 1.29 is 36.3 Å². The van der Waals surface area contributed by atoms with Crippen LogP contribution in [0.1, 0.15) is 18.9 Å². The number of benzene rings is 1. The Balaban J connectivity index is 2.43. The topological polar surface area (TPSA) is 55.4 Å². The maximum atomic E-state index is 12.9. The van der Waals surface area contributed by atoms with Gasteiger partial charge in [0.1, 0.15) is 11.8 Å². The Bertz CT molecular complexity index is 679. The van der Waals surface area contributed by atoms with Gasteiger partial charge in [0.15, 0.2) is 5.78 Å². The van der Waals surface area contributed by atoms with Crippen molar-refractivity contribution in [2.24, 2.45) is 0 Å². The molecule has 0 spiro atoms. The van der Waals surface area contributed by atoms with Gasteiger partial charge in [-0.05, 0) is 30.2 Å². The van der Waals surface area contributed by atoms with E-state index in [0.29, 0.717) is 0 Å². The fourth-order valence-corrected chi connectivity index (χ4v) is 2.39. The van der Waals surface area contributed by atoms with Gasteiger partial charge in [-0.3, -0.25) is 9.59 Å². The van der Waals surface area contributed by atoms with Crippen LogP contribution in [0.15, 0.2) is 29.8 Å². The third kappa shape index (κ3) is 3.90. The molecule has 4 nitrogen and oxygen atoms in total. The van der Waals surface area contributed by atoms with Gasteiger partial charge in [-0.1, -0.05) is 12.1 Å². The molecule has 0 saturated carbocycles. The first-order valence-electron chi connectivity index (χ1n) is 6.76. The number of ketones is 1. The van der Waals surface area contributed by atoms with Gasteiger partial charge < -0.3 is 10.1 Å². The molecule has 0 aliphatic carbocycles. The van der Waals surface area contributed by atoms with Crippen molar-refractivity contribution in [3.63, 3.8) is 0 Å². The molecule has 1 aliphatic heterocycles. The van der Waals surface area contributed by atoms with E-state index in [9.17, 15) is 31.5 Å². The summed E-state index contributed by atoms with van der Waals surface area (Å²) < 4.78 is 67.1. The fraction of sp³-hybridized carbons (Fsp3) is 0.333. The maximum Gasteiger partial charge on any atom is 0.408 e. The van der Waals surface area contributed by atoms with Crippen LogP contribution in [-0.4, -0.2) is 30.5 Å². The minimum absolute atomic E-state index is 0.0860. The highest BCUT2D eigenvalue weighted by molar-refractivity contribution is 6.24. The summed E-state index contributed by atoms with van der Waals surface area (Å²) in [6.07, 6.45) is -5.30. The molecular weight excluding hydrogens is 337 g/mol. The summed E-state index contributed by atoms with van der Waals surface area (Å²) in [6, 6.07) is 2.58. The zero-order valence-electron chi connectivity index (χ0n) is 12.3. The molecule has 1 aromatic carbocycles. The molecule has 24 heavy (non-hydrogen) atoms. The number of ether oxygens (including phenoxy) is 1. The van der Waals surface area contributed by atoms with Crippen molar-refractivity contribution >= 4 is 17.3 Å². The number of rotatable bonds is 4. The average molecular weight is 349 g/mol.